The number of anilines is 1. The number of amides is 1. The number of alkyl halides is 3. The molecule has 1 heterocycles. The zero-order valence-electron chi connectivity index (χ0n) is 16.7. The fraction of sp³-hybridized carbons (Fsp3) is 0.273. The number of carbonyl (C=O) groups is 1. The van der Waals surface area contributed by atoms with E-state index < -0.39 is 17.6 Å². The topological polar surface area (TPSA) is 58.4 Å². The van der Waals surface area contributed by atoms with Crippen LogP contribution in [0.2, 0.25) is 0 Å². The van der Waals surface area contributed by atoms with Crippen molar-refractivity contribution >= 4 is 11.6 Å². The minimum Gasteiger partial charge on any atom is -0.375 e. The van der Waals surface area contributed by atoms with Crippen LogP contribution in [-0.2, 0) is 6.18 Å². The van der Waals surface area contributed by atoms with Crippen LogP contribution in [0.4, 0.5) is 18.9 Å². The molecule has 0 aliphatic carbocycles. The van der Waals surface area contributed by atoms with Gasteiger partial charge in [0.2, 0.25) is 0 Å². The number of hydrogen-bond donors (Lipinski definition) is 1. The molecule has 0 saturated carbocycles. The van der Waals surface area contributed by atoms with Gasteiger partial charge in [0.25, 0.3) is 5.91 Å². The Kier molecular flexibility index (Phi) is 6.44. The average molecular weight is 417 g/mol. The SMILES string of the molecule is Cc1noc(-c2cccc(C(F)(F)F)c2)c1C(=O)NCCCN(C)c1ccccc1. The van der Waals surface area contributed by atoms with Crippen molar-refractivity contribution in [1.82, 2.24) is 10.5 Å². The molecule has 2 aromatic carbocycles. The van der Waals surface area contributed by atoms with Crippen LogP contribution in [0.25, 0.3) is 11.3 Å². The van der Waals surface area contributed by atoms with E-state index in [2.05, 4.69) is 15.4 Å². The van der Waals surface area contributed by atoms with Gasteiger partial charge in [-0.2, -0.15) is 13.2 Å². The second kappa shape index (κ2) is 9.02. The van der Waals surface area contributed by atoms with Crippen LogP contribution >= 0.6 is 0 Å². The Morgan fingerprint density at radius 3 is 2.57 bits per heavy atom. The molecule has 0 unspecified atom stereocenters. The van der Waals surface area contributed by atoms with E-state index in [0.29, 0.717) is 18.7 Å². The summed E-state index contributed by atoms with van der Waals surface area (Å²) in [7, 11) is 1.97. The van der Waals surface area contributed by atoms with Gasteiger partial charge in [-0.3, -0.25) is 4.79 Å². The maximum Gasteiger partial charge on any atom is 0.416 e. The van der Waals surface area contributed by atoms with E-state index in [1.807, 2.05) is 37.4 Å². The Hall–Kier alpha value is -3.29. The summed E-state index contributed by atoms with van der Waals surface area (Å²) in [6.07, 6.45) is -3.79. The van der Waals surface area contributed by atoms with Crippen LogP contribution in [0.3, 0.4) is 0 Å². The summed E-state index contributed by atoms with van der Waals surface area (Å²) in [5, 5.41) is 6.58. The second-order valence-electron chi connectivity index (χ2n) is 6.92. The lowest BCUT2D eigenvalue weighted by molar-refractivity contribution is -0.137. The van der Waals surface area contributed by atoms with Crippen LogP contribution < -0.4 is 10.2 Å². The molecule has 1 N–H and O–H groups in total. The first-order valence-corrected chi connectivity index (χ1v) is 9.45. The van der Waals surface area contributed by atoms with Crippen molar-refractivity contribution in [2.24, 2.45) is 0 Å². The Morgan fingerprint density at radius 2 is 1.87 bits per heavy atom. The summed E-state index contributed by atoms with van der Waals surface area (Å²) in [5.41, 5.74) is 0.876. The van der Waals surface area contributed by atoms with Crippen molar-refractivity contribution < 1.29 is 22.5 Å². The number of carbonyl (C=O) groups excluding carboxylic acids is 1. The van der Waals surface area contributed by atoms with Gasteiger partial charge < -0.3 is 14.7 Å². The van der Waals surface area contributed by atoms with Crippen LogP contribution in [0.15, 0.2) is 59.1 Å². The zero-order chi connectivity index (χ0) is 21.7. The molecule has 1 aromatic heterocycles. The Bertz CT molecular complexity index is 1000. The number of aromatic nitrogens is 1. The molecular weight excluding hydrogens is 395 g/mol. The summed E-state index contributed by atoms with van der Waals surface area (Å²) in [4.78, 5) is 14.7. The molecule has 0 spiro atoms. The number of halogens is 3. The molecule has 158 valence electrons. The third kappa shape index (κ3) is 5.00. The van der Waals surface area contributed by atoms with Gasteiger partial charge >= 0.3 is 6.18 Å². The smallest absolute Gasteiger partial charge is 0.375 e. The van der Waals surface area contributed by atoms with Crippen LogP contribution in [0.1, 0.15) is 28.0 Å². The Labute approximate surface area is 172 Å². The predicted octanol–water partition coefficient (Wildman–Crippen LogP) is 4.93. The number of nitrogens with one attached hydrogen (secondary N) is 1. The Balaban J connectivity index is 1.65. The largest absolute Gasteiger partial charge is 0.416 e. The molecule has 0 atom stereocenters. The zero-order valence-corrected chi connectivity index (χ0v) is 16.7. The highest BCUT2D eigenvalue weighted by Gasteiger charge is 2.31. The number of rotatable bonds is 7. The molecule has 0 aliphatic heterocycles. The lowest BCUT2D eigenvalue weighted by Crippen LogP contribution is -2.28. The molecule has 1 amide bonds. The minimum atomic E-state index is -4.49. The predicted molar refractivity (Wildman–Crippen MR) is 108 cm³/mol. The molecule has 3 rings (SSSR count). The normalized spacial score (nSPS) is 11.4. The van der Waals surface area contributed by atoms with Crippen LogP contribution in [0, 0.1) is 6.92 Å². The van der Waals surface area contributed by atoms with Gasteiger partial charge in [-0.1, -0.05) is 35.5 Å². The van der Waals surface area contributed by atoms with Crippen molar-refractivity contribution in [2.45, 2.75) is 19.5 Å². The fourth-order valence-corrected chi connectivity index (χ4v) is 3.09. The van der Waals surface area contributed by atoms with Gasteiger partial charge in [0, 0.05) is 31.4 Å². The van der Waals surface area contributed by atoms with Crippen molar-refractivity contribution in [1.29, 1.82) is 0 Å². The summed E-state index contributed by atoms with van der Waals surface area (Å²) >= 11 is 0. The van der Waals surface area contributed by atoms with Gasteiger partial charge in [0.1, 0.15) is 5.56 Å². The number of benzene rings is 2. The maximum absolute atomic E-state index is 13.0. The highest BCUT2D eigenvalue weighted by molar-refractivity contribution is 6.00. The molecule has 0 bridgehead atoms. The van der Waals surface area contributed by atoms with E-state index in [0.717, 1.165) is 24.4 Å². The number of hydrogen-bond acceptors (Lipinski definition) is 4. The highest BCUT2D eigenvalue weighted by atomic mass is 19.4. The lowest BCUT2D eigenvalue weighted by Gasteiger charge is -2.19. The molecular formula is C22H22F3N3O2. The van der Waals surface area contributed by atoms with E-state index in [-0.39, 0.29) is 16.9 Å². The van der Waals surface area contributed by atoms with E-state index in [1.54, 1.807) is 6.92 Å². The molecule has 30 heavy (non-hydrogen) atoms. The average Bonchev–Trinajstić information content (AvgIpc) is 3.12. The maximum atomic E-state index is 13.0. The molecule has 8 heteroatoms. The Morgan fingerprint density at radius 1 is 1.13 bits per heavy atom. The van der Waals surface area contributed by atoms with Gasteiger partial charge in [0.05, 0.1) is 11.3 Å². The van der Waals surface area contributed by atoms with E-state index in [4.69, 9.17) is 4.52 Å². The van der Waals surface area contributed by atoms with Crippen molar-refractivity contribution in [2.75, 3.05) is 25.0 Å². The van der Waals surface area contributed by atoms with Crippen LogP contribution in [-0.4, -0.2) is 31.2 Å². The highest BCUT2D eigenvalue weighted by Crippen LogP contribution is 2.33. The van der Waals surface area contributed by atoms with E-state index in [1.165, 1.54) is 12.1 Å². The quantitative estimate of drug-likeness (QED) is 0.554. The summed E-state index contributed by atoms with van der Waals surface area (Å²) in [5.74, 6) is -0.402. The van der Waals surface area contributed by atoms with Crippen molar-refractivity contribution in [3.63, 3.8) is 0 Å². The number of aryl methyl sites for hydroxylation is 1. The van der Waals surface area contributed by atoms with E-state index in [9.17, 15) is 18.0 Å². The second-order valence-corrected chi connectivity index (χ2v) is 6.92. The van der Waals surface area contributed by atoms with Crippen LogP contribution in [0.5, 0.6) is 0 Å². The van der Waals surface area contributed by atoms with E-state index >= 15 is 0 Å². The minimum absolute atomic E-state index is 0.0255. The summed E-state index contributed by atoms with van der Waals surface area (Å²) < 4.78 is 44.2. The first-order valence-electron chi connectivity index (χ1n) is 9.45. The third-order valence-corrected chi connectivity index (χ3v) is 4.69. The van der Waals surface area contributed by atoms with Crippen molar-refractivity contribution in [3.05, 3.63) is 71.4 Å². The molecule has 0 saturated heterocycles. The standard InChI is InChI=1S/C22H22F3N3O2/c1-15-19(20(30-27-15)16-8-6-9-17(14-16)22(23,24)25)21(29)26-12-7-13-28(2)18-10-4-3-5-11-18/h3-6,8-11,14H,7,12-13H2,1-2H3,(H,26,29). The van der Waals surface area contributed by atoms with Gasteiger partial charge in [-0.15, -0.1) is 0 Å². The molecule has 0 fully saturated rings. The lowest BCUT2D eigenvalue weighted by atomic mass is 10.0. The fourth-order valence-electron chi connectivity index (χ4n) is 3.09. The van der Waals surface area contributed by atoms with Crippen molar-refractivity contribution in [3.8, 4) is 11.3 Å². The molecule has 0 aliphatic rings. The molecule has 3 aromatic rings. The number of nitrogens with zero attached hydrogens (tertiary/aromatic N) is 2. The molecule has 5 nitrogen and oxygen atoms in total. The molecule has 0 radical (unpaired) electrons. The summed E-state index contributed by atoms with van der Waals surface area (Å²) in [6, 6.07) is 14.5. The first kappa shape index (κ1) is 21.4. The van der Waals surface area contributed by atoms with Gasteiger partial charge in [-0.25, -0.2) is 0 Å². The van der Waals surface area contributed by atoms with Gasteiger partial charge in [-0.05, 0) is 37.6 Å². The summed E-state index contributed by atoms with van der Waals surface area (Å²) in [6.45, 7) is 2.72. The monoisotopic (exact) mass is 417 g/mol. The van der Waals surface area contributed by atoms with Gasteiger partial charge in [0.15, 0.2) is 5.76 Å². The first-order chi connectivity index (χ1) is 14.3. The number of para-hydroxylation sites is 1. The third-order valence-electron chi connectivity index (χ3n) is 4.69.